The van der Waals surface area contributed by atoms with Gasteiger partial charge in [-0.25, -0.2) is 4.79 Å². The topological polar surface area (TPSA) is 63.2 Å². The molecule has 0 unspecified atom stereocenters. The minimum Gasteiger partial charge on any atom is -0.489 e. The van der Waals surface area contributed by atoms with Crippen molar-refractivity contribution in [2.45, 2.75) is 26.7 Å². The van der Waals surface area contributed by atoms with Gasteiger partial charge in [-0.2, -0.15) is 0 Å². The van der Waals surface area contributed by atoms with E-state index in [1.54, 1.807) is 6.20 Å². The van der Waals surface area contributed by atoms with Gasteiger partial charge in [-0.3, -0.25) is 4.98 Å². The first-order valence-corrected chi connectivity index (χ1v) is 9.35. The maximum Gasteiger partial charge on any atom is 0.319 e. The number of rotatable bonds is 7. The van der Waals surface area contributed by atoms with Gasteiger partial charge in [0.1, 0.15) is 17.9 Å². The van der Waals surface area contributed by atoms with Gasteiger partial charge < -0.3 is 15.4 Å². The Balaban J connectivity index is 1.55. The molecule has 5 nitrogen and oxygen atoms in total. The Morgan fingerprint density at radius 1 is 1.00 bits per heavy atom. The molecule has 5 heteroatoms. The molecule has 0 radical (unpaired) electrons. The average molecular weight is 363 g/mol. The van der Waals surface area contributed by atoms with Crippen molar-refractivity contribution in [2.24, 2.45) is 0 Å². The Labute approximate surface area is 159 Å². The predicted octanol–water partition coefficient (Wildman–Crippen LogP) is 4.56. The van der Waals surface area contributed by atoms with Crippen LogP contribution >= 0.6 is 0 Å². The molecule has 2 aromatic carbocycles. The summed E-state index contributed by atoms with van der Waals surface area (Å²) < 4.78 is 5.80. The van der Waals surface area contributed by atoms with Gasteiger partial charge >= 0.3 is 6.03 Å². The third-order valence-electron chi connectivity index (χ3n) is 4.48. The second-order valence-corrected chi connectivity index (χ2v) is 6.22. The number of anilines is 1. The number of fused-ring (bicyclic) bond motifs is 1. The van der Waals surface area contributed by atoms with Crippen LogP contribution in [0.15, 0.2) is 54.7 Å². The summed E-state index contributed by atoms with van der Waals surface area (Å²) in [7, 11) is 0. The third kappa shape index (κ3) is 4.56. The van der Waals surface area contributed by atoms with Gasteiger partial charge in [0.05, 0.1) is 6.54 Å². The fourth-order valence-corrected chi connectivity index (χ4v) is 3.08. The van der Waals surface area contributed by atoms with Crippen LogP contribution in [-0.4, -0.2) is 24.2 Å². The molecule has 0 aliphatic rings. The van der Waals surface area contributed by atoms with E-state index in [9.17, 15) is 4.79 Å². The number of carbonyl (C=O) groups excluding carboxylic acids is 1. The predicted molar refractivity (Wildman–Crippen MR) is 109 cm³/mol. The highest BCUT2D eigenvalue weighted by Gasteiger charge is 2.10. The van der Waals surface area contributed by atoms with Gasteiger partial charge in [0.25, 0.3) is 0 Å². The van der Waals surface area contributed by atoms with Crippen molar-refractivity contribution in [1.29, 1.82) is 0 Å². The Bertz CT molecular complexity index is 897. The lowest BCUT2D eigenvalue weighted by Gasteiger charge is -2.15. The van der Waals surface area contributed by atoms with Crippen molar-refractivity contribution in [3.63, 3.8) is 0 Å². The van der Waals surface area contributed by atoms with E-state index in [0.717, 1.165) is 46.3 Å². The largest absolute Gasteiger partial charge is 0.489 e. The van der Waals surface area contributed by atoms with Crippen LogP contribution < -0.4 is 15.4 Å². The van der Waals surface area contributed by atoms with Crippen LogP contribution in [0.2, 0.25) is 0 Å². The molecule has 2 amide bonds. The summed E-state index contributed by atoms with van der Waals surface area (Å²) in [6, 6.07) is 15.6. The molecule has 3 aromatic rings. The van der Waals surface area contributed by atoms with Crippen LogP contribution in [-0.2, 0) is 12.8 Å². The fraction of sp³-hybridized carbons (Fsp3) is 0.273. The van der Waals surface area contributed by atoms with Crippen molar-refractivity contribution >= 4 is 22.6 Å². The number of ether oxygens (including phenoxy) is 1. The smallest absolute Gasteiger partial charge is 0.319 e. The molecule has 1 heterocycles. The number of aryl methyl sites for hydroxylation is 2. The maximum absolute atomic E-state index is 12.3. The molecule has 0 bridgehead atoms. The van der Waals surface area contributed by atoms with E-state index in [1.165, 1.54) is 0 Å². The molecule has 0 fully saturated rings. The summed E-state index contributed by atoms with van der Waals surface area (Å²) in [4.78, 5) is 16.6. The van der Waals surface area contributed by atoms with Gasteiger partial charge in [-0.15, -0.1) is 0 Å². The molecule has 0 saturated heterocycles. The Hall–Kier alpha value is -3.08. The molecule has 0 spiro atoms. The molecule has 3 rings (SSSR count). The van der Waals surface area contributed by atoms with E-state index in [1.807, 2.05) is 48.5 Å². The molecular weight excluding hydrogens is 338 g/mol. The van der Waals surface area contributed by atoms with E-state index in [4.69, 9.17) is 4.74 Å². The van der Waals surface area contributed by atoms with Crippen LogP contribution in [0.5, 0.6) is 5.75 Å². The Kier molecular flexibility index (Phi) is 6.26. The summed E-state index contributed by atoms with van der Waals surface area (Å²) in [6.45, 7) is 4.96. The zero-order valence-corrected chi connectivity index (χ0v) is 15.8. The summed E-state index contributed by atoms with van der Waals surface area (Å²) in [5, 5.41) is 6.88. The number of carbonyl (C=O) groups is 1. The first kappa shape index (κ1) is 18.7. The fourth-order valence-electron chi connectivity index (χ4n) is 3.08. The standard InChI is InChI=1S/C22H25N3O2/c1-3-16-8-5-9-17(4-2)20(16)25-22(26)24-14-15-27-19-12-6-10-18-11-7-13-23-21(18)19/h5-13H,3-4,14-15H2,1-2H3,(H2,24,25,26). The normalized spacial score (nSPS) is 10.6. The number of urea groups is 1. The van der Waals surface area contributed by atoms with Crippen LogP contribution in [0.25, 0.3) is 10.9 Å². The number of amides is 2. The lowest BCUT2D eigenvalue weighted by molar-refractivity contribution is 0.247. The summed E-state index contributed by atoms with van der Waals surface area (Å²) in [6.07, 6.45) is 3.50. The number of hydrogen-bond donors (Lipinski definition) is 2. The number of nitrogens with one attached hydrogen (secondary N) is 2. The summed E-state index contributed by atoms with van der Waals surface area (Å²) in [5.74, 6) is 0.722. The summed E-state index contributed by atoms with van der Waals surface area (Å²) in [5.41, 5.74) is 4.03. The minimum absolute atomic E-state index is 0.217. The van der Waals surface area contributed by atoms with E-state index in [2.05, 4.69) is 29.5 Å². The lowest BCUT2D eigenvalue weighted by Crippen LogP contribution is -2.32. The van der Waals surface area contributed by atoms with Crippen LogP contribution in [0.1, 0.15) is 25.0 Å². The minimum atomic E-state index is -0.217. The molecular formula is C22H25N3O2. The van der Waals surface area contributed by atoms with Gasteiger partial charge in [0.15, 0.2) is 0 Å². The Morgan fingerprint density at radius 2 is 1.70 bits per heavy atom. The highest BCUT2D eigenvalue weighted by atomic mass is 16.5. The number of nitrogens with zero attached hydrogens (tertiary/aromatic N) is 1. The third-order valence-corrected chi connectivity index (χ3v) is 4.48. The monoisotopic (exact) mass is 363 g/mol. The molecule has 1 aromatic heterocycles. The zero-order chi connectivity index (χ0) is 19.1. The summed E-state index contributed by atoms with van der Waals surface area (Å²) >= 11 is 0. The van der Waals surface area contributed by atoms with Crippen molar-refractivity contribution < 1.29 is 9.53 Å². The van der Waals surface area contributed by atoms with E-state index in [0.29, 0.717) is 13.2 Å². The second-order valence-electron chi connectivity index (χ2n) is 6.22. The maximum atomic E-state index is 12.3. The zero-order valence-electron chi connectivity index (χ0n) is 15.8. The molecule has 27 heavy (non-hydrogen) atoms. The first-order chi connectivity index (χ1) is 13.2. The van der Waals surface area contributed by atoms with Crippen molar-refractivity contribution in [3.8, 4) is 5.75 Å². The quantitative estimate of drug-likeness (QED) is 0.605. The average Bonchev–Trinajstić information content (AvgIpc) is 2.71. The second kappa shape index (κ2) is 9.03. The molecule has 0 saturated carbocycles. The van der Waals surface area contributed by atoms with Crippen LogP contribution in [0.3, 0.4) is 0 Å². The highest BCUT2D eigenvalue weighted by Crippen LogP contribution is 2.23. The molecule has 0 aliphatic carbocycles. The SMILES string of the molecule is CCc1cccc(CC)c1NC(=O)NCCOc1cccc2cccnc12. The first-order valence-electron chi connectivity index (χ1n) is 9.35. The number of aromatic nitrogens is 1. The van der Waals surface area contributed by atoms with Crippen molar-refractivity contribution in [1.82, 2.24) is 10.3 Å². The number of benzene rings is 2. The molecule has 140 valence electrons. The molecule has 2 N–H and O–H groups in total. The number of para-hydroxylation sites is 2. The van der Waals surface area contributed by atoms with Gasteiger partial charge in [0, 0.05) is 17.3 Å². The lowest BCUT2D eigenvalue weighted by atomic mass is 10.0. The van der Waals surface area contributed by atoms with Crippen molar-refractivity contribution in [2.75, 3.05) is 18.5 Å². The number of pyridine rings is 1. The van der Waals surface area contributed by atoms with E-state index in [-0.39, 0.29) is 6.03 Å². The number of hydrogen-bond acceptors (Lipinski definition) is 3. The van der Waals surface area contributed by atoms with Gasteiger partial charge in [-0.1, -0.05) is 50.2 Å². The molecule has 0 aliphatic heterocycles. The van der Waals surface area contributed by atoms with Crippen molar-refractivity contribution in [3.05, 3.63) is 65.9 Å². The van der Waals surface area contributed by atoms with Gasteiger partial charge in [0.2, 0.25) is 0 Å². The molecule has 0 atom stereocenters. The van der Waals surface area contributed by atoms with Gasteiger partial charge in [-0.05, 0) is 36.1 Å². The Morgan fingerprint density at radius 3 is 2.44 bits per heavy atom. The van der Waals surface area contributed by atoms with Crippen LogP contribution in [0, 0.1) is 0 Å². The van der Waals surface area contributed by atoms with E-state index >= 15 is 0 Å². The van der Waals surface area contributed by atoms with Crippen LogP contribution in [0.4, 0.5) is 10.5 Å². The highest BCUT2D eigenvalue weighted by molar-refractivity contribution is 5.91. The van der Waals surface area contributed by atoms with E-state index < -0.39 is 0 Å².